The van der Waals surface area contributed by atoms with Crippen molar-refractivity contribution in [3.63, 3.8) is 0 Å². The van der Waals surface area contributed by atoms with Gasteiger partial charge in [0.15, 0.2) is 0 Å². The SMILES string of the molecule is Cc1cc(C(O)c2cnccc2C(F)(F)F)ccn1. The minimum absolute atomic E-state index is 0.263. The molecular weight excluding hydrogens is 257 g/mol. The quantitative estimate of drug-likeness (QED) is 0.911. The zero-order chi connectivity index (χ0) is 14.0. The number of alkyl halides is 3. The van der Waals surface area contributed by atoms with Crippen molar-refractivity contribution in [3.05, 3.63) is 59.2 Å². The summed E-state index contributed by atoms with van der Waals surface area (Å²) in [5.41, 5.74) is -0.176. The molecule has 3 nitrogen and oxygen atoms in total. The third-order valence-corrected chi connectivity index (χ3v) is 2.69. The first-order valence-corrected chi connectivity index (χ1v) is 5.51. The second-order valence-electron chi connectivity index (χ2n) is 4.09. The third kappa shape index (κ3) is 2.90. The molecule has 0 fully saturated rings. The van der Waals surface area contributed by atoms with Crippen LogP contribution in [0.2, 0.25) is 0 Å². The van der Waals surface area contributed by atoms with Crippen molar-refractivity contribution in [2.45, 2.75) is 19.2 Å². The summed E-state index contributed by atoms with van der Waals surface area (Å²) in [6, 6.07) is 3.87. The molecule has 0 radical (unpaired) electrons. The van der Waals surface area contributed by atoms with Crippen molar-refractivity contribution < 1.29 is 18.3 Å². The van der Waals surface area contributed by atoms with Crippen LogP contribution in [0.1, 0.15) is 28.5 Å². The summed E-state index contributed by atoms with van der Waals surface area (Å²) >= 11 is 0. The Kier molecular flexibility index (Phi) is 3.53. The maximum atomic E-state index is 12.9. The van der Waals surface area contributed by atoms with E-state index in [1.54, 1.807) is 6.92 Å². The molecule has 0 saturated heterocycles. The van der Waals surface area contributed by atoms with Gasteiger partial charge in [0, 0.05) is 29.8 Å². The van der Waals surface area contributed by atoms with E-state index in [0.717, 1.165) is 18.5 Å². The van der Waals surface area contributed by atoms with Gasteiger partial charge >= 0.3 is 6.18 Å². The van der Waals surface area contributed by atoms with Crippen LogP contribution in [0.5, 0.6) is 0 Å². The van der Waals surface area contributed by atoms with Crippen LogP contribution in [0.15, 0.2) is 36.8 Å². The highest BCUT2D eigenvalue weighted by Crippen LogP contribution is 2.35. The number of hydrogen-bond donors (Lipinski definition) is 1. The Morgan fingerprint density at radius 1 is 1.21 bits per heavy atom. The van der Waals surface area contributed by atoms with E-state index >= 15 is 0 Å². The molecule has 0 amide bonds. The van der Waals surface area contributed by atoms with E-state index < -0.39 is 17.8 Å². The van der Waals surface area contributed by atoms with Crippen LogP contribution in [0, 0.1) is 6.92 Å². The van der Waals surface area contributed by atoms with Crippen molar-refractivity contribution in [3.8, 4) is 0 Å². The second-order valence-corrected chi connectivity index (χ2v) is 4.09. The lowest BCUT2D eigenvalue weighted by Crippen LogP contribution is -2.13. The summed E-state index contributed by atoms with van der Waals surface area (Å²) in [6.45, 7) is 1.70. The van der Waals surface area contributed by atoms with Gasteiger partial charge in [0.1, 0.15) is 6.10 Å². The lowest BCUT2D eigenvalue weighted by atomic mass is 9.99. The van der Waals surface area contributed by atoms with Crippen LogP contribution >= 0.6 is 0 Å². The van der Waals surface area contributed by atoms with Crippen LogP contribution < -0.4 is 0 Å². The number of aromatic nitrogens is 2. The molecule has 0 aliphatic carbocycles. The number of hydrogen-bond acceptors (Lipinski definition) is 3. The second kappa shape index (κ2) is 4.97. The first-order valence-electron chi connectivity index (χ1n) is 5.51. The van der Waals surface area contributed by atoms with Gasteiger partial charge in [0.25, 0.3) is 0 Å². The monoisotopic (exact) mass is 268 g/mol. The van der Waals surface area contributed by atoms with Gasteiger partial charge < -0.3 is 5.11 Å². The van der Waals surface area contributed by atoms with E-state index in [0.29, 0.717) is 11.3 Å². The van der Waals surface area contributed by atoms with Crippen LogP contribution in [-0.4, -0.2) is 15.1 Å². The molecule has 2 aromatic heterocycles. The number of aliphatic hydroxyl groups is 1. The normalized spacial score (nSPS) is 13.3. The average Bonchev–Trinajstić information content (AvgIpc) is 2.37. The van der Waals surface area contributed by atoms with Crippen molar-refractivity contribution in [2.75, 3.05) is 0 Å². The molecule has 19 heavy (non-hydrogen) atoms. The van der Waals surface area contributed by atoms with Crippen molar-refractivity contribution >= 4 is 0 Å². The average molecular weight is 268 g/mol. The largest absolute Gasteiger partial charge is 0.416 e. The molecule has 0 bridgehead atoms. The summed E-state index contributed by atoms with van der Waals surface area (Å²) in [6.07, 6.45) is -2.38. The summed E-state index contributed by atoms with van der Waals surface area (Å²) in [4.78, 5) is 7.59. The summed E-state index contributed by atoms with van der Waals surface area (Å²) in [5.74, 6) is 0. The fourth-order valence-electron chi connectivity index (χ4n) is 1.80. The van der Waals surface area contributed by atoms with E-state index in [9.17, 15) is 18.3 Å². The van der Waals surface area contributed by atoms with Gasteiger partial charge in [-0.25, -0.2) is 0 Å². The number of pyridine rings is 2. The lowest BCUT2D eigenvalue weighted by Gasteiger charge is -2.17. The van der Waals surface area contributed by atoms with Crippen LogP contribution in [-0.2, 0) is 6.18 Å². The number of aryl methyl sites for hydroxylation is 1. The number of halogens is 3. The highest BCUT2D eigenvalue weighted by Gasteiger charge is 2.35. The first kappa shape index (κ1) is 13.5. The molecule has 2 rings (SSSR count). The summed E-state index contributed by atoms with van der Waals surface area (Å²) in [7, 11) is 0. The molecule has 2 heterocycles. The number of nitrogens with zero attached hydrogens (tertiary/aromatic N) is 2. The molecule has 0 saturated carbocycles. The lowest BCUT2D eigenvalue weighted by molar-refractivity contribution is -0.139. The van der Waals surface area contributed by atoms with Crippen LogP contribution in [0.4, 0.5) is 13.2 Å². The van der Waals surface area contributed by atoms with Gasteiger partial charge in [0.2, 0.25) is 0 Å². The van der Waals surface area contributed by atoms with E-state index in [1.807, 2.05) is 0 Å². The van der Waals surface area contributed by atoms with Crippen LogP contribution in [0.3, 0.4) is 0 Å². The van der Waals surface area contributed by atoms with Crippen molar-refractivity contribution in [2.24, 2.45) is 0 Å². The molecule has 100 valence electrons. The number of rotatable bonds is 2. The van der Waals surface area contributed by atoms with Gasteiger partial charge in [0.05, 0.1) is 5.56 Å². The standard InChI is InChI=1S/C13H11F3N2O/c1-8-6-9(2-5-18-8)12(19)10-7-17-4-3-11(10)13(14,15)16/h2-7,12,19H,1H3. The zero-order valence-corrected chi connectivity index (χ0v) is 10.0. The molecule has 1 N–H and O–H groups in total. The van der Waals surface area contributed by atoms with Gasteiger partial charge in [-0.3, -0.25) is 9.97 Å². The molecule has 0 aliphatic heterocycles. The van der Waals surface area contributed by atoms with E-state index in [-0.39, 0.29) is 5.56 Å². The Morgan fingerprint density at radius 3 is 2.58 bits per heavy atom. The maximum Gasteiger partial charge on any atom is 0.416 e. The van der Waals surface area contributed by atoms with Crippen LogP contribution in [0.25, 0.3) is 0 Å². The predicted octanol–water partition coefficient (Wildman–Crippen LogP) is 2.89. The number of aliphatic hydroxyl groups excluding tert-OH is 1. The maximum absolute atomic E-state index is 12.9. The van der Waals surface area contributed by atoms with Gasteiger partial charge in [-0.15, -0.1) is 0 Å². The third-order valence-electron chi connectivity index (χ3n) is 2.69. The highest BCUT2D eigenvalue weighted by molar-refractivity contribution is 5.35. The minimum atomic E-state index is -4.53. The zero-order valence-electron chi connectivity index (χ0n) is 10.0. The first-order chi connectivity index (χ1) is 8.89. The Bertz CT molecular complexity index is 584. The smallest absolute Gasteiger partial charge is 0.384 e. The van der Waals surface area contributed by atoms with Gasteiger partial charge in [-0.2, -0.15) is 13.2 Å². The van der Waals surface area contributed by atoms with E-state index in [1.165, 1.54) is 18.3 Å². The van der Waals surface area contributed by atoms with E-state index in [4.69, 9.17) is 0 Å². The summed E-state index contributed by atoms with van der Waals surface area (Å²) in [5, 5.41) is 10.1. The van der Waals surface area contributed by atoms with E-state index in [2.05, 4.69) is 9.97 Å². The van der Waals surface area contributed by atoms with Crippen molar-refractivity contribution in [1.29, 1.82) is 0 Å². The topological polar surface area (TPSA) is 46.0 Å². The Hall–Kier alpha value is -1.95. The Morgan fingerprint density at radius 2 is 1.95 bits per heavy atom. The molecule has 2 aromatic rings. The summed E-state index contributed by atoms with van der Waals surface area (Å²) < 4.78 is 38.6. The Balaban J connectivity index is 2.48. The van der Waals surface area contributed by atoms with Gasteiger partial charge in [-0.05, 0) is 30.7 Å². The van der Waals surface area contributed by atoms with Crippen molar-refractivity contribution in [1.82, 2.24) is 9.97 Å². The molecule has 1 atom stereocenters. The molecule has 6 heteroatoms. The fourth-order valence-corrected chi connectivity index (χ4v) is 1.80. The minimum Gasteiger partial charge on any atom is -0.384 e. The predicted molar refractivity (Wildman–Crippen MR) is 62.3 cm³/mol. The Labute approximate surface area is 107 Å². The fraction of sp³-hybridized carbons (Fsp3) is 0.231. The molecule has 0 aromatic carbocycles. The molecule has 0 spiro atoms. The molecule has 1 unspecified atom stereocenters. The molecule has 0 aliphatic rings. The molecular formula is C13H11F3N2O. The van der Waals surface area contributed by atoms with Gasteiger partial charge in [-0.1, -0.05) is 0 Å². The highest BCUT2D eigenvalue weighted by atomic mass is 19.4.